The molecule has 147 valence electrons. The molecule has 1 N–H and O–H groups in total. The molecule has 0 saturated carbocycles. The second-order valence-electron chi connectivity index (χ2n) is 8.64. The van der Waals surface area contributed by atoms with E-state index in [0.717, 1.165) is 12.8 Å². The number of carbonyl (C=O) groups is 1. The molecule has 4 heteroatoms. The maximum atomic E-state index is 10.8. The quantitative estimate of drug-likeness (QED) is 0.237. The van der Waals surface area contributed by atoms with Crippen molar-refractivity contribution in [3.8, 4) is 0 Å². The lowest BCUT2D eigenvalue weighted by Gasteiger charge is -2.17. The van der Waals surface area contributed by atoms with Crippen molar-refractivity contribution in [1.29, 1.82) is 0 Å². The van der Waals surface area contributed by atoms with E-state index in [1.54, 1.807) is 0 Å². The molecule has 0 aromatic carbocycles. The smallest absolute Gasteiger partial charge is 0.331 e. The number of unbranched alkanes of at least 4 members (excludes halogenated alkanes) is 12. The van der Waals surface area contributed by atoms with Crippen molar-refractivity contribution >= 4 is 16.5 Å². The third-order valence-corrected chi connectivity index (χ3v) is 5.10. The van der Waals surface area contributed by atoms with Gasteiger partial charge in [0.1, 0.15) is 6.10 Å². The summed E-state index contributed by atoms with van der Waals surface area (Å²) in [4.78, 5) is 10.8. The van der Waals surface area contributed by atoms with Gasteiger partial charge in [0.2, 0.25) is 10.5 Å². The van der Waals surface area contributed by atoms with Crippen LogP contribution in [0.2, 0.25) is 0 Å². The predicted octanol–water partition coefficient (Wildman–Crippen LogP) is 6.44. The predicted molar refractivity (Wildman–Crippen MR) is 107 cm³/mol. The molecule has 0 aliphatic heterocycles. The van der Waals surface area contributed by atoms with Crippen LogP contribution in [0.1, 0.15) is 117 Å². The molecule has 0 spiro atoms. The van der Waals surface area contributed by atoms with Crippen molar-refractivity contribution in [2.75, 3.05) is 0 Å². The van der Waals surface area contributed by atoms with E-state index in [1.165, 1.54) is 77.0 Å². The number of carboxylic acid groups (broad SMARTS) is 1. The summed E-state index contributed by atoms with van der Waals surface area (Å²) in [7, 11) is 2.83. The largest absolute Gasteiger partial charge is 0.479 e. The first-order valence-electron chi connectivity index (χ1n) is 10.4. The Bertz CT molecular complexity index is 313. The van der Waals surface area contributed by atoms with Crippen LogP contribution in [0.5, 0.6) is 0 Å². The first kappa shape index (κ1) is 24.6. The SMILES string of the molecule is CC(C)(C)CCCCCCCCCCCCCCCC(O[Si])C(=O)O. The van der Waals surface area contributed by atoms with E-state index in [1.807, 2.05) is 0 Å². The van der Waals surface area contributed by atoms with Crippen LogP contribution in [-0.2, 0) is 9.22 Å². The van der Waals surface area contributed by atoms with E-state index >= 15 is 0 Å². The van der Waals surface area contributed by atoms with Crippen LogP contribution >= 0.6 is 0 Å². The summed E-state index contributed by atoms with van der Waals surface area (Å²) in [5.74, 6) is -0.885. The summed E-state index contributed by atoms with van der Waals surface area (Å²) in [6.07, 6.45) is 18.2. The van der Waals surface area contributed by atoms with Crippen molar-refractivity contribution in [2.45, 2.75) is 123 Å². The fourth-order valence-electron chi connectivity index (χ4n) is 3.16. The van der Waals surface area contributed by atoms with Crippen molar-refractivity contribution < 1.29 is 14.3 Å². The van der Waals surface area contributed by atoms with Crippen LogP contribution in [0.4, 0.5) is 0 Å². The van der Waals surface area contributed by atoms with Gasteiger partial charge in [0.15, 0.2) is 0 Å². The van der Waals surface area contributed by atoms with Gasteiger partial charge in [0, 0.05) is 0 Å². The molecule has 25 heavy (non-hydrogen) atoms. The Morgan fingerprint density at radius 2 is 1.16 bits per heavy atom. The molecule has 0 bridgehead atoms. The number of rotatable bonds is 17. The summed E-state index contributed by atoms with van der Waals surface area (Å²) in [5.41, 5.74) is 0.500. The van der Waals surface area contributed by atoms with Crippen molar-refractivity contribution in [3.63, 3.8) is 0 Å². The van der Waals surface area contributed by atoms with Gasteiger partial charge < -0.3 is 9.53 Å². The maximum absolute atomic E-state index is 10.8. The first-order valence-corrected chi connectivity index (χ1v) is 10.8. The summed E-state index contributed by atoms with van der Waals surface area (Å²) in [6, 6.07) is 0. The van der Waals surface area contributed by atoms with Crippen LogP contribution in [0.3, 0.4) is 0 Å². The fraction of sp³-hybridized carbons (Fsp3) is 0.952. The number of hydrogen-bond donors (Lipinski definition) is 1. The topological polar surface area (TPSA) is 46.5 Å². The highest BCUT2D eigenvalue weighted by atomic mass is 28.2. The van der Waals surface area contributed by atoms with E-state index in [-0.39, 0.29) is 0 Å². The van der Waals surface area contributed by atoms with Gasteiger partial charge >= 0.3 is 5.97 Å². The van der Waals surface area contributed by atoms with Gasteiger partial charge in [-0.2, -0.15) is 0 Å². The maximum Gasteiger partial charge on any atom is 0.331 e. The molecule has 0 aromatic heterocycles. The van der Waals surface area contributed by atoms with Gasteiger partial charge in [-0.25, -0.2) is 4.79 Å². The van der Waals surface area contributed by atoms with Crippen LogP contribution in [-0.4, -0.2) is 27.7 Å². The molecule has 0 heterocycles. The molecule has 0 fully saturated rings. The Labute approximate surface area is 159 Å². The molecule has 0 rings (SSSR count). The zero-order valence-corrected chi connectivity index (χ0v) is 17.9. The second-order valence-corrected chi connectivity index (χ2v) is 8.88. The third kappa shape index (κ3) is 18.2. The second kappa shape index (κ2) is 15.9. The Morgan fingerprint density at radius 1 is 0.800 bits per heavy atom. The minimum atomic E-state index is -0.885. The summed E-state index contributed by atoms with van der Waals surface area (Å²) >= 11 is 0. The third-order valence-electron chi connectivity index (χ3n) is 4.81. The molecule has 0 aromatic rings. The van der Waals surface area contributed by atoms with Crippen molar-refractivity contribution in [2.24, 2.45) is 5.41 Å². The summed E-state index contributed by atoms with van der Waals surface area (Å²) < 4.78 is 4.75. The molecule has 0 aliphatic rings. The molecular formula is C21H41O3Si. The van der Waals surface area contributed by atoms with Crippen LogP contribution in [0, 0.1) is 5.41 Å². The Balaban J connectivity index is 3.18. The van der Waals surface area contributed by atoms with Gasteiger partial charge in [-0.3, -0.25) is 0 Å². The fourth-order valence-corrected chi connectivity index (χ4v) is 3.38. The zero-order chi connectivity index (χ0) is 19.0. The monoisotopic (exact) mass is 369 g/mol. The van der Waals surface area contributed by atoms with Gasteiger partial charge in [0.05, 0.1) is 0 Å². The van der Waals surface area contributed by atoms with Crippen molar-refractivity contribution in [3.05, 3.63) is 0 Å². The number of hydrogen-bond acceptors (Lipinski definition) is 2. The molecule has 3 nitrogen and oxygen atoms in total. The molecule has 1 unspecified atom stereocenters. The van der Waals surface area contributed by atoms with Gasteiger partial charge in [-0.15, -0.1) is 0 Å². The van der Waals surface area contributed by atoms with E-state index in [2.05, 4.69) is 31.3 Å². The minimum absolute atomic E-state index is 0.500. The molecule has 3 radical (unpaired) electrons. The van der Waals surface area contributed by atoms with Gasteiger partial charge in [-0.05, 0) is 18.3 Å². The normalized spacial score (nSPS) is 13.1. The van der Waals surface area contributed by atoms with Gasteiger partial charge in [-0.1, -0.05) is 104 Å². The molecule has 0 saturated heterocycles. The zero-order valence-electron chi connectivity index (χ0n) is 16.9. The number of carboxylic acids is 1. The summed E-state index contributed by atoms with van der Waals surface area (Å²) in [5, 5.41) is 8.85. The van der Waals surface area contributed by atoms with Gasteiger partial charge in [0.25, 0.3) is 0 Å². The summed E-state index contributed by atoms with van der Waals surface area (Å²) in [6.45, 7) is 6.99. The molecule has 0 amide bonds. The Morgan fingerprint density at radius 3 is 1.48 bits per heavy atom. The highest BCUT2D eigenvalue weighted by molar-refractivity contribution is 5.99. The van der Waals surface area contributed by atoms with Crippen LogP contribution in [0.25, 0.3) is 0 Å². The Kier molecular flexibility index (Phi) is 15.6. The van der Waals surface area contributed by atoms with E-state index < -0.39 is 12.1 Å². The lowest BCUT2D eigenvalue weighted by atomic mass is 9.89. The standard InChI is InChI=1S/C21H41O3Si/c1-21(2,3)18-16-14-12-10-8-6-4-5-7-9-11-13-15-17-19(24-25)20(22)23/h19H,4-18H2,1-3H3,(H,22,23). The van der Waals surface area contributed by atoms with Crippen LogP contribution < -0.4 is 0 Å². The molecule has 0 aliphatic carbocycles. The highest BCUT2D eigenvalue weighted by Crippen LogP contribution is 2.22. The van der Waals surface area contributed by atoms with E-state index in [4.69, 9.17) is 9.53 Å². The average Bonchev–Trinajstić information content (AvgIpc) is 2.53. The Hall–Kier alpha value is -0.353. The van der Waals surface area contributed by atoms with Crippen molar-refractivity contribution in [1.82, 2.24) is 0 Å². The van der Waals surface area contributed by atoms with Crippen LogP contribution in [0.15, 0.2) is 0 Å². The molecule has 1 atom stereocenters. The van der Waals surface area contributed by atoms with E-state index in [0.29, 0.717) is 11.8 Å². The lowest BCUT2D eigenvalue weighted by Crippen LogP contribution is -2.22. The minimum Gasteiger partial charge on any atom is -0.479 e. The number of aliphatic carboxylic acids is 1. The molecular weight excluding hydrogens is 328 g/mol. The lowest BCUT2D eigenvalue weighted by molar-refractivity contribution is -0.145. The highest BCUT2D eigenvalue weighted by Gasteiger charge is 2.14. The first-order chi connectivity index (χ1) is 11.9. The average molecular weight is 370 g/mol. The van der Waals surface area contributed by atoms with E-state index in [9.17, 15) is 4.79 Å².